The zero-order chi connectivity index (χ0) is 16.0. The van der Waals surface area contributed by atoms with Gasteiger partial charge in [-0.3, -0.25) is 10.1 Å². The zero-order valence-corrected chi connectivity index (χ0v) is 12.5. The smallest absolute Gasteiger partial charge is 0.246 e. The Bertz CT molecular complexity index is 967. The Balaban J connectivity index is 2.05. The van der Waals surface area contributed by atoms with Crippen LogP contribution in [0.15, 0.2) is 48.5 Å². The molecule has 0 radical (unpaired) electrons. The largest absolute Gasteiger partial charge is 0.300 e. The summed E-state index contributed by atoms with van der Waals surface area (Å²) in [5.41, 5.74) is 3.74. The second-order valence-corrected chi connectivity index (χ2v) is 5.69. The number of nitrogens with zero attached hydrogens (tertiary/aromatic N) is 3. The number of nitrogens with one attached hydrogen (secondary N) is 1. The minimum Gasteiger partial charge on any atom is -0.300 e. The first-order valence-corrected chi connectivity index (χ1v) is 7.43. The van der Waals surface area contributed by atoms with Gasteiger partial charge in [0.15, 0.2) is 5.92 Å². The predicted octanol–water partition coefficient (Wildman–Crippen LogP) is 3.03. The first kappa shape index (κ1) is 13.5. The number of imidazole rings is 1. The number of rotatable bonds is 1. The van der Waals surface area contributed by atoms with Gasteiger partial charge in [-0.05, 0) is 30.2 Å². The van der Waals surface area contributed by atoms with Crippen LogP contribution in [0.25, 0.3) is 11.0 Å². The highest BCUT2D eigenvalue weighted by atomic mass is 16.2. The summed E-state index contributed by atoms with van der Waals surface area (Å²) in [6.45, 7) is 2.00. The predicted molar refractivity (Wildman–Crippen MR) is 86.8 cm³/mol. The average molecular weight is 302 g/mol. The van der Waals surface area contributed by atoms with E-state index in [2.05, 4.69) is 16.4 Å². The lowest BCUT2D eigenvalue weighted by Gasteiger charge is -2.30. The number of hydrogen-bond acceptors (Lipinski definition) is 3. The van der Waals surface area contributed by atoms with Crippen molar-refractivity contribution in [3.8, 4) is 6.07 Å². The molecule has 2 atom stereocenters. The maximum absolute atomic E-state index is 12.4. The number of carbonyl (C=O) groups excluding carboxylic acids is 1. The molecular weight excluding hydrogens is 288 g/mol. The Labute approximate surface area is 133 Å². The van der Waals surface area contributed by atoms with Crippen molar-refractivity contribution in [1.29, 1.82) is 5.26 Å². The Kier molecular flexibility index (Phi) is 2.91. The zero-order valence-electron chi connectivity index (χ0n) is 12.5. The van der Waals surface area contributed by atoms with Gasteiger partial charge < -0.3 is 4.57 Å². The number of amides is 1. The molecule has 1 aliphatic rings. The highest BCUT2D eigenvalue weighted by molar-refractivity contribution is 5.97. The maximum atomic E-state index is 12.4. The van der Waals surface area contributed by atoms with Gasteiger partial charge in [0, 0.05) is 0 Å². The molecule has 5 nitrogen and oxygen atoms in total. The van der Waals surface area contributed by atoms with Crippen LogP contribution in [-0.2, 0) is 4.79 Å². The van der Waals surface area contributed by atoms with E-state index in [1.165, 1.54) is 0 Å². The van der Waals surface area contributed by atoms with Crippen molar-refractivity contribution in [2.75, 3.05) is 5.32 Å². The second-order valence-electron chi connectivity index (χ2n) is 5.69. The van der Waals surface area contributed by atoms with E-state index in [1.807, 2.05) is 60.0 Å². The van der Waals surface area contributed by atoms with E-state index in [-0.39, 0.29) is 11.9 Å². The molecule has 1 aromatic heterocycles. The van der Waals surface area contributed by atoms with Crippen LogP contribution in [0, 0.1) is 24.2 Å². The Morgan fingerprint density at radius 2 is 1.91 bits per heavy atom. The summed E-state index contributed by atoms with van der Waals surface area (Å²) >= 11 is 0. The summed E-state index contributed by atoms with van der Waals surface area (Å²) < 4.78 is 1.97. The van der Waals surface area contributed by atoms with Gasteiger partial charge in [-0.15, -0.1) is 0 Å². The molecule has 0 saturated carbocycles. The lowest BCUT2D eigenvalue weighted by molar-refractivity contribution is -0.119. The Morgan fingerprint density at radius 3 is 2.70 bits per heavy atom. The normalized spacial score (nSPS) is 19.9. The number of hydrogen-bond donors (Lipinski definition) is 1. The quantitative estimate of drug-likeness (QED) is 0.751. The molecule has 0 spiro atoms. The van der Waals surface area contributed by atoms with E-state index in [9.17, 15) is 10.1 Å². The number of para-hydroxylation sites is 2. The van der Waals surface area contributed by atoms with Crippen molar-refractivity contribution < 1.29 is 4.79 Å². The van der Waals surface area contributed by atoms with Gasteiger partial charge in [-0.25, -0.2) is 4.98 Å². The molecule has 23 heavy (non-hydrogen) atoms. The number of benzene rings is 2. The highest BCUT2D eigenvalue weighted by Crippen LogP contribution is 2.38. The van der Waals surface area contributed by atoms with Crippen molar-refractivity contribution in [2.45, 2.75) is 13.0 Å². The van der Waals surface area contributed by atoms with Gasteiger partial charge in [0.25, 0.3) is 0 Å². The van der Waals surface area contributed by atoms with Crippen molar-refractivity contribution in [2.24, 2.45) is 5.92 Å². The van der Waals surface area contributed by atoms with Crippen LogP contribution in [0.2, 0.25) is 0 Å². The van der Waals surface area contributed by atoms with Gasteiger partial charge in [0.05, 0.1) is 23.1 Å². The van der Waals surface area contributed by atoms with Gasteiger partial charge in [0.1, 0.15) is 0 Å². The molecule has 1 amide bonds. The summed E-state index contributed by atoms with van der Waals surface area (Å²) in [5, 5.41) is 12.3. The third kappa shape index (κ3) is 1.92. The summed E-state index contributed by atoms with van der Waals surface area (Å²) in [4.78, 5) is 16.9. The topological polar surface area (TPSA) is 70.7 Å². The molecular formula is C18H14N4O. The van der Waals surface area contributed by atoms with Crippen LogP contribution in [0.1, 0.15) is 17.2 Å². The fourth-order valence-electron chi connectivity index (χ4n) is 3.26. The van der Waals surface area contributed by atoms with Crippen LogP contribution >= 0.6 is 0 Å². The second kappa shape index (κ2) is 4.96. The van der Waals surface area contributed by atoms with Crippen LogP contribution in [-0.4, -0.2) is 15.5 Å². The third-order valence-electron chi connectivity index (χ3n) is 4.35. The first-order valence-electron chi connectivity index (χ1n) is 7.43. The van der Waals surface area contributed by atoms with Crippen molar-refractivity contribution in [3.63, 3.8) is 0 Å². The SMILES string of the molecule is Cc1ccccc1C1C(C#N)C(=O)Nc2nc3ccccc3n21. The number of aromatic nitrogens is 2. The molecule has 0 fully saturated rings. The molecule has 0 saturated heterocycles. The molecule has 2 aromatic carbocycles. The van der Waals surface area contributed by atoms with Crippen LogP contribution in [0.5, 0.6) is 0 Å². The average Bonchev–Trinajstić information content (AvgIpc) is 2.92. The first-order chi connectivity index (χ1) is 11.2. The lowest BCUT2D eigenvalue weighted by Crippen LogP contribution is -2.37. The molecule has 4 rings (SSSR count). The van der Waals surface area contributed by atoms with Crippen molar-refractivity contribution >= 4 is 22.9 Å². The van der Waals surface area contributed by atoms with E-state index in [4.69, 9.17) is 0 Å². The lowest BCUT2D eigenvalue weighted by atomic mass is 9.89. The van der Waals surface area contributed by atoms with Gasteiger partial charge in [-0.1, -0.05) is 36.4 Å². The fourth-order valence-corrected chi connectivity index (χ4v) is 3.26. The monoisotopic (exact) mass is 302 g/mol. The fraction of sp³-hybridized carbons (Fsp3) is 0.167. The number of aryl methyl sites for hydroxylation is 1. The van der Waals surface area contributed by atoms with Gasteiger partial charge in [0.2, 0.25) is 11.9 Å². The Hall–Kier alpha value is -3.13. The molecule has 3 aromatic rings. The Morgan fingerprint density at radius 1 is 1.17 bits per heavy atom. The summed E-state index contributed by atoms with van der Waals surface area (Å²) in [7, 11) is 0. The maximum Gasteiger partial charge on any atom is 0.246 e. The van der Waals surface area contributed by atoms with E-state index in [1.54, 1.807) is 0 Å². The summed E-state index contributed by atoms with van der Waals surface area (Å²) in [6, 6.07) is 17.4. The molecule has 1 N–H and O–H groups in total. The van der Waals surface area contributed by atoms with Gasteiger partial charge >= 0.3 is 0 Å². The minimum atomic E-state index is -0.791. The standard InChI is InChI=1S/C18H14N4O/c1-11-6-2-3-7-12(11)16-13(10-19)17(23)21-18-20-14-8-4-5-9-15(14)22(16)18/h2-9,13,16H,1H3,(H,20,21,23). The van der Waals surface area contributed by atoms with Crippen molar-refractivity contribution in [1.82, 2.24) is 9.55 Å². The molecule has 5 heteroatoms. The number of anilines is 1. The van der Waals surface area contributed by atoms with E-state index < -0.39 is 5.92 Å². The van der Waals surface area contributed by atoms with Crippen LogP contribution < -0.4 is 5.32 Å². The minimum absolute atomic E-state index is 0.302. The third-order valence-corrected chi connectivity index (χ3v) is 4.35. The van der Waals surface area contributed by atoms with E-state index in [0.717, 1.165) is 22.2 Å². The van der Waals surface area contributed by atoms with Crippen LogP contribution in [0.3, 0.4) is 0 Å². The molecule has 0 aliphatic carbocycles. The molecule has 1 aliphatic heterocycles. The summed E-state index contributed by atoms with van der Waals surface area (Å²) in [5.74, 6) is -0.597. The van der Waals surface area contributed by atoms with Crippen molar-refractivity contribution in [3.05, 3.63) is 59.7 Å². The molecule has 2 unspecified atom stereocenters. The number of nitriles is 1. The number of fused-ring (bicyclic) bond motifs is 3. The van der Waals surface area contributed by atoms with E-state index in [0.29, 0.717) is 5.95 Å². The van der Waals surface area contributed by atoms with E-state index >= 15 is 0 Å². The molecule has 0 bridgehead atoms. The summed E-state index contributed by atoms with van der Waals surface area (Å²) in [6.07, 6.45) is 0. The number of carbonyl (C=O) groups is 1. The van der Waals surface area contributed by atoms with Crippen LogP contribution in [0.4, 0.5) is 5.95 Å². The highest BCUT2D eigenvalue weighted by Gasteiger charge is 2.39. The van der Waals surface area contributed by atoms with Gasteiger partial charge in [-0.2, -0.15) is 5.26 Å². The molecule has 2 heterocycles. The molecule has 112 valence electrons.